The summed E-state index contributed by atoms with van der Waals surface area (Å²) < 4.78 is 5.62. The summed E-state index contributed by atoms with van der Waals surface area (Å²) in [6.45, 7) is 4.60. The molecule has 0 spiro atoms. The molecular formula is C15H16ClNO. The summed E-state index contributed by atoms with van der Waals surface area (Å²) in [7, 11) is 0. The molecule has 3 heteroatoms. The Morgan fingerprint density at radius 2 is 1.94 bits per heavy atom. The van der Waals surface area contributed by atoms with Gasteiger partial charge in [0.25, 0.3) is 0 Å². The van der Waals surface area contributed by atoms with Crippen molar-refractivity contribution in [2.45, 2.75) is 19.7 Å². The van der Waals surface area contributed by atoms with E-state index >= 15 is 0 Å². The van der Waals surface area contributed by atoms with Crippen molar-refractivity contribution in [3.05, 3.63) is 47.7 Å². The van der Waals surface area contributed by atoms with E-state index in [0.29, 0.717) is 12.5 Å². The molecule has 0 unspecified atom stereocenters. The minimum Gasteiger partial charge on any atom is -0.493 e. The van der Waals surface area contributed by atoms with Gasteiger partial charge in [-0.15, -0.1) is 11.6 Å². The number of aryl methyl sites for hydroxylation is 1. The molecule has 0 aliphatic carbocycles. The number of ether oxygens (including phenoxy) is 1. The molecule has 0 saturated carbocycles. The minimum atomic E-state index is 0.492. The molecule has 1 heterocycles. The minimum absolute atomic E-state index is 0.492. The lowest BCUT2D eigenvalue weighted by atomic mass is 10.1. The topological polar surface area (TPSA) is 22.1 Å². The molecule has 94 valence electrons. The predicted octanol–water partition coefficient (Wildman–Crippen LogP) is 4.19. The first-order valence-corrected chi connectivity index (χ1v) is 6.54. The number of nitrogens with zero attached hydrogens (tertiary/aromatic N) is 1. The van der Waals surface area contributed by atoms with Crippen molar-refractivity contribution in [3.63, 3.8) is 0 Å². The number of hydrogen-bond acceptors (Lipinski definition) is 2. The highest BCUT2D eigenvalue weighted by molar-refractivity contribution is 6.17. The largest absolute Gasteiger partial charge is 0.493 e. The van der Waals surface area contributed by atoms with Crippen LogP contribution in [0.15, 0.2) is 36.4 Å². The predicted molar refractivity (Wildman–Crippen MR) is 75.1 cm³/mol. The molecule has 0 N–H and O–H groups in total. The summed E-state index contributed by atoms with van der Waals surface area (Å²) in [6, 6.07) is 12.0. The van der Waals surface area contributed by atoms with Gasteiger partial charge in [0.15, 0.2) is 0 Å². The fraction of sp³-hybridized carbons (Fsp3) is 0.267. The van der Waals surface area contributed by atoms with Gasteiger partial charge in [-0.3, -0.25) is 4.98 Å². The maximum absolute atomic E-state index is 5.85. The lowest BCUT2D eigenvalue weighted by Crippen LogP contribution is -1.97. The summed E-state index contributed by atoms with van der Waals surface area (Å²) in [5, 5.41) is 0. The molecule has 2 rings (SSSR count). The second-order valence-electron chi connectivity index (χ2n) is 4.00. The molecule has 0 fully saturated rings. The standard InChI is InChI=1S/C15H16ClNO/c1-3-18-15-7-5-4-6-13(15)14-9-8-12(10-16)11(2)17-14/h4-9H,3,10H2,1-2H3. The van der Waals surface area contributed by atoms with Gasteiger partial charge < -0.3 is 4.74 Å². The van der Waals surface area contributed by atoms with Crippen LogP contribution in [0.4, 0.5) is 0 Å². The number of aromatic nitrogens is 1. The van der Waals surface area contributed by atoms with Crippen LogP contribution >= 0.6 is 11.6 Å². The Morgan fingerprint density at radius 3 is 2.61 bits per heavy atom. The lowest BCUT2D eigenvalue weighted by Gasteiger charge is -2.11. The van der Waals surface area contributed by atoms with Crippen LogP contribution in [0.2, 0.25) is 0 Å². The van der Waals surface area contributed by atoms with E-state index in [1.807, 2.05) is 50.2 Å². The van der Waals surface area contributed by atoms with Crippen molar-refractivity contribution in [3.8, 4) is 17.0 Å². The Hall–Kier alpha value is -1.54. The van der Waals surface area contributed by atoms with Gasteiger partial charge in [-0.05, 0) is 37.6 Å². The molecule has 2 aromatic rings. The Balaban J connectivity index is 2.45. The monoisotopic (exact) mass is 261 g/mol. The Labute approximate surface area is 113 Å². The first-order valence-electron chi connectivity index (χ1n) is 6.01. The van der Waals surface area contributed by atoms with Crippen molar-refractivity contribution >= 4 is 11.6 Å². The summed E-state index contributed by atoms with van der Waals surface area (Å²) in [4.78, 5) is 4.59. The van der Waals surface area contributed by atoms with Gasteiger partial charge in [0.05, 0.1) is 12.3 Å². The summed E-state index contributed by atoms with van der Waals surface area (Å²) in [5.41, 5.74) is 3.97. The van der Waals surface area contributed by atoms with Crippen LogP contribution < -0.4 is 4.74 Å². The second-order valence-corrected chi connectivity index (χ2v) is 4.27. The van der Waals surface area contributed by atoms with Crippen LogP contribution in [-0.4, -0.2) is 11.6 Å². The number of hydrogen-bond donors (Lipinski definition) is 0. The van der Waals surface area contributed by atoms with Crippen LogP contribution in [0.1, 0.15) is 18.2 Å². The van der Waals surface area contributed by atoms with E-state index in [-0.39, 0.29) is 0 Å². The number of alkyl halides is 1. The van der Waals surface area contributed by atoms with E-state index < -0.39 is 0 Å². The third-order valence-electron chi connectivity index (χ3n) is 2.80. The van der Waals surface area contributed by atoms with Crippen molar-refractivity contribution < 1.29 is 4.74 Å². The molecule has 1 aromatic carbocycles. The molecule has 0 aliphatic rings. The maximum Gasteiger partial charge on any atom is 0.128 e. The van der Waals surface area contributed by atoms with Crippen LogP contribution in [0.5, 0.6) is 5.75 Å². The van der Waals surface area contributed by atoms with Crippen LogP contribution in [-0.2, 0) is 5.88 Å². The van der Waals surface area contributed by atoms with Gasteiger partial charge in [0, 0.05) is 17.1 Å². The summed E-state index contributed by atoms with van der Waals surface area (Å²) in [6.07, 6.45) is 0. The Morgan fingerprint density at radius 1 is 1.17 bits per heavy atom. The molecule has 0 atom stereocenters. The highest BCUT2D eigenvalue weighted by Gasteiger charge is 2.08. The van der Waals surface area contributed by atoms with Crippen LogP contribution in [0, 0.1) is 6.92 Å². The molecule has 18 heavy (non-hydrogen) atoms. The zero-order chi connectivity index (χ0) is 13.0. The van der Waals surface area contributed by atoms with Gasteiger partial charge >= 0.3 is 0 Å². The first kappa shape index (κ1) is 12.9. The van der Waals surface area contributed by atoms with Crippen molar-refractivity contribution in [2.75, 3.05) is 6.61 Å². The average molecular weight is 262 g/mol. The summed E-state index contributed by atoms with van der Waals surface area (Å²) >= 11 is 5.85. The highest BCUT2D eigenvalue weighted by Crippen LogP contribution is 2.29. The first-order chi connectivity index (χ1) is 8.76. The number of pyridine rings is 1. The third-order valence-corrected chi connectivity index (χ3v) is 3.09. The van der Waals surface area contributed by atoms with Gasteiger partial charge in [-0.2, -0.15) is 0 Å². The van der Waals surface area contributed by atoms with E-state index in [0.717, 1.165) is 28.3 Å². The smallest absolute Gasteiger partial charge is 0.128 e. The third kappa shape index (κ3) is 2.65. The number of para-hydroxylation sites is 1. The zero-order valence-electron chi connectivity index (χ0n) is 10.6. The quantitative estimate of drug-likeness (QED) is 0.770. The van der Waals surface area contributed by atoms with Crippen LogP contribution in [0.25, 0.3) is 11.3 Å². The van der Waals surface area contributed by atoms with Crippen molar-refractivity contribution in [1.82, 2.24) is 4.98 Å². The Bertz CT molecular complexity index is 540. The zero-order valence-corrected chi connectivity index (χ0v) is 11.4. The second kappa shape index (κ2) is 5.87. The van der Waals surface area contributed by atoms with Gasteiger partial charge in [-0.25, -0.2) is 0 Å². The normalized spacial score (nSPS) is 10.4. The molecule has 1 aromatic heterocycles. The Kier molecular flexibility index (Phi) is 4.21. The van der Waals surface area contributed by atoms with Crippen molar-refractivity contribution in [1.29, 1.82) is 0 Å². The van der Waals surface area contributed by atoms with E-state index in [1.54, 1.807) is 0 Å². The van der Waals surface area contributed by atoms with E-state index in [2.05, 4.69) is 4.98 Å². The maximum atomic E-state index is 5.85. The molecule has 0 bridgehead atoms. The molecule has 0 radical (unpaired) electrons. The molecule has 2 nitrogen and oxygen atoms in total. The molecule has 0 aliphatic heterocycles. The molecule has 0 amide bonds. The fourth-order valence-electron chi connectivity index (χ4n) is 1.84. The highest BCUT2D eigenvalue weighted by atomic mass is 35.5. The SMILES string of the molecule is CCOc1ccccc1-c1ccc(CCl)c(C)n1. The van der Waals surface area contributed by atoms with Gasteiger partial charge in [0.2, 0.25) is 0 Å². The van der Waals surface area contributed by atoms with Crippen LogP contribution in [0.3, 0.4) is 0 Å². The number of halogens is 1. The van der Waals surface area contributed by atoms with Crippen molar-refractivity contribution in [2.24, 2.45) is 0 Å². The molecule has 0 saturated heterocycles. The number of benzene rings is 1. The lowest BCUT2D eigenvalue weighted by molar-refractivity contribution is 0.341. The van der Waals surface area contributed by atoms with E-state index in [9.17, 15) is 0 Å². The van der Waals surface area contributed by atoms with E-state index in [1.165, 1.54) is 0 Å². The fourth-order valence-corrected chi connectivity index (χ4v) is 2.12. The van der Waals surface area contributed by atoms with Gasteiger partial charge in [-0.1, -0.05) is 18.2 Å². The number of rotatable bonds is 4. The average Bonchev–Trinajstić information content (AvgIpc) is 2.40. The van der Waals surface area contributed by atoms with E-state index in [4.69, 9.17) is 16.3 Å². The molecular weight excluding hydrogens is 246 g/mol. The van der Waals surface area contributed by atoms with Gasteiger partial charge in [0.1, 0.15) is 5.75 Å². The summed E-state index contributed by atoms with van der Waals surface area (Å²) in [5.74, 6) is 1.36.